The Morgan fingerprint density at radius 2 is 2.29 bits per heavy atom. The van der Waals surface area contributed by atoms with E-state index in [9.17, 15) is 4.79 Å². The Kier molecular flexibility index (Phi) is 3.89. The molecular weight excluding hydrogens is 180 g/mol. The van der Waals surface area contributed by atoms with Crippen LogP contribution in [-0.4, -0.2) is 60.1 Å². The van der Waals surface area contributed by atoms with Crippen molar-refractivity contribution in [3.8, 4) is 0 Å². The molecule has 1 aliphatic heterocycles. The summed E-state index contributed by atoms with van der Waals surface area (Å²) in [5.74, 6) is -0.735. The fraction of sp³-hybridized carbons (Fsp3) is 0.900. The van der Waals surface area contributed by atoms with Crippen LogP contribution >= 0.6 is 0 Å². The molecule has 1 rings (SSSR count). The first-order valence-corrected chi connectivity index (χ1v) is 5.15. The van der Waals surface area contributed by atoms with E-state index < -0.39 is 5.97 Å². The van der Waals surface area contributed by atoms with Crippen molar-refractivity contribution >= 4 is 5.97 Å². The SMILES string of the molecule is CC(C(=O)O)N(C)C1CCCN(C)C1. The average Bonchev–Trinajstić information content (AvgIpc) is 2.15. The number of hydrogen-bond donors (Lipinski definition) is 1. The molecule has 0 spiro atoms. The summed E-state index contributed by atoms with van der Waals surface area (Å²) in [7, 11) is 3.99. The van der Waals surface area contributed by atoms with Crippen LogP contribution in [0, 0.1) is 0 Å². The van der Waals surface area contributed by atoms with Crippen molar-refractivity contribution in [2.24, 2.45) is 0 Å². The van der Waals surface area contributed by atoms with Gasteiger partial charge in [-0.15, -0.1) is 0 Å². The van der Waals surface area contributed by atoms with E-state index in [0.29, 0.717) is 6.04 Å². The van der Waals surface area contributed by atoms with Gasteiger partial charge in [0.25, 0.3) is 0 Å². The van der Waals surface area contributed by atoms with Gasteiger partial charge in [-0.05, 0) is 40.4 Å². The Labute approximate surface area is 85.5 Å². The Balaban J connectivity index is 2.50. The third-order valence-corrected chi connectivity index (χ3v) is 3.14. The molecule has 0 bridgehead atoms. The van der Waals surface area contributed by atoms with E-state index >= 15 is 0 Å². The molecule has 0 amide bonds. The van der Waals surface area contributed by atoms with Crippen LogP contribution in [0.4, 0.5) is 0 Å². The number of likely N-dealkylation sites (N-methyl/N-ethyl adjacent to an activating group) is 2. The van der Waals surface area contributed by atoms with Crippen molar-refractivity contribution < 1.29 is 9.90 Å². The van der Waals surface area contributed by atoms with Crippen LogP contribution in [0.3, 0.4) is 0 Å². The molecule has 14 heavy (non-hydrogen) atoms. The topological polar surface area (TPSA) is 43.8 Å². The maximum absolute atomic E-state index is 10.8. The van der Waals surface area contributed by atoms with Gasteiger partial charge in [0.05, 0.1) is 0 Å². The molecule has 82 valence electrons. The van der Waals surface area contributed by atoms with Crippen molar-refractivity contribution in [2.75, 3.05) is 27.2 Å². The van der Waals surface area contributed by atoms with Crippen LogP contribution in [0.1, 0.15) is 19.8 Å². The van der Waals surface area contributed by atoms with Gasteiger partial charge in [0.1, 0.15) is 6.04 Å². The van der Waals surface area contributed by atoms with E-state index in [4.69, 9.17) is 5.11 Å². The predicted octanol–water partition coefficient (Wildman–Crippen LogP) is 0.486. The minimum absolute atomic E-state index is 0.383. The fourth-order valence-electron chi connectivity index (χ4n) is 1.96. The minimum atomic E-state index is -0.735. The molecule has 1 aliphatic rings. The first-order chi connectivity index (χ1) is 6.52. The number of likely N-dealkylation sites (tertiary alicyclic amines) is 1. The molecule has 0 radical (unpaired) electrons. The second-order valence-electron chi connectivity index (χ2n) is 4.24. The molecule has 0 aliphatic carbocycles. The molecule has 0 aromatic rings. The lowest BCUT2D eigenvalue weighted by Gasteiger charge is -2.37. The largest absolute Gasteiger partial charge is 0.480 e. The summed E-state index contributed by atoms with van der Waals surface area (Å²) < 4.78 is 0. The molecule has 1 saturated heterocycles. The standard InChI is InChI=1S/C10H20N2O2/c1-8(10(13)14)12(3)9-5-4-6-11(2)7-9/h8-9H,4-7H2,1-3H3,(H,13,14). The van der Waals surface area contributed by atoms with E-state index in [1.807, 2.05) is 11.9 Å². The van der Waals surface area contributed by atoms with Crippen LogP contribution in [0.15, 0.2) is 0 Å². The van der Waals surface area contributed by atoms with Gasteiger partial charge in [-0.25, -0.2) is 0 Å². The van der Waals surface area contributed by atoms with Crippen LogP contribution in [0.25, 0.3) is 0 Å². The molecule has 4 heteroatoms. The molecule has 0 saturated carbocycles. The number of aliphatic carboxylic acids is 1. The number of carboxylic acid groups (broad SMARTS) is 1. The van der Waals surface area contributed by atoms with Crippen molar-refractivity contribution in [1.82, 2.24) is 9.80 Å². The first kappa shape index (κ1) is 11.5. The zero-order valence-corrected chi connectivity index (χ0v) is 9.23. The van der Waals surface area contributed by atoms with E-state index in [1.54, 1.807) is 6.92 Å². The quantitative estimate of drug-likeness (QED) is 0.720. The molecule has 2 atom stereocenters. The average molecular weight is 200 g/mol. The second kappa shape index (κ2) is 4.75. The normalized spacial score (nSPS) is 26.4. The van der Waals surface area contributed by atoms with Crippen molar-refractivity contribution in [2.45, 2.75) is 31.8 Å². The number of hydrogen-bond acceptors (Lipinski definition) is 3. The summed E-state index contributed by atoms with van der Waals surface area (Å²) >= 11 is 0. The molecule has 1 fully saturated rings. The molecule has 4 nitrogen and oxygen atoms in total. The highest BCUT2D eigenvalue weighted by Crippen LogP contribution is 2.15. The number of nitrogens with zero attached hydrogens (tertiary/aromatic N) is 2. The van der Waals surface area contributed by atoms with Gasteiger partial charge < -0.3 is 10.0 Å². The highest BCUT2D eigenvalue weighted by Gasteiger charge is 2.27. The summed E-state index contributed by atoms with van der Waals surface area (Å²) in [6.07, 6.45) is 2.27. The fourth-order valence-corrected chi connectivity index (χ4v) is 1.96. The maximum atomic E-state index is 10.8. The van der Waals surface area contributed by atoms with E-state index in [2.05, 4.69) is 11.9 Å². The summed E-state index contributed by atoms with van der Waals surface area (Å²) in [5.41, 5.74) is 0. The number of carboxylic acids is 1. The van der Waals surface area contributed by atoms with Gasteiger partial charge in [-0.3, -0.25) is 9.69 Å². The molecule has 2 unspecified atom stereocenters. The van der Waals surface area contributed by atoms with Gasteiger partial charge in [0.15, 0.2) is 0 Å². The predicted molar refractivity (Wildman–Crippen MR) is 55.4 cm³/mol. The molecular formula is C10H20N2O2. The minimum Gasteiger partial charge on any atom is -0.480 e. The Morgan fingerprint density at radius 1 is 1.64 bits per heavy atom. The number of piperidine rings is 1. The lowest BCUT2D eigenvalue weighted by molar-refractivity contribution is -0.143. The van der Waals surface area contributed by atoms with Gasteiger partial charge in [-0.2, -0.15) is 0 Å². The Bertz CT molecular complexity index is 208. The van der Waals surface area contributed by atoms with Crippen LogP contribution in [0.2, 0.25) is 0 Å². The third-order valence-electron chi connectivity index (χ3n) is 3.14. The molecule has 0 aromatic heterocycles. The van der Waals surface area contributed by atoms with Crippen LogP contribution < -0.4 is 0 Å². The molecule has 0 aromatic carbocycles. The van der Waals surface area contributed by atoms with Crippen LogP contribution in [0.5, 0.6) is 0 Å². The lowest BCUT2D eigenvalue weighted by atomic mass is 10.0. The highest BCUT2D eigenvalue weighted by atomic mass is 16.4. The zero-order chi connectivity index (χ0) is 10.7. The van der Waals surface area contributed by atoms with E-state index in [0.717, 1.165) is 25.9 Å². The third kappa shape index (κ3) is 2.69. The van der Waals surface area contributed by atoms with Crippen molar-refractivity contribution in [3.63, 3.8) is 0 Å². The van der Waals surface area contributed by atoms with Gasteiger partial charge in [-0.1, -0.05) is 0 Å². The maximum Gasteiger partial charge on any atom is 0.320 e. The summed E-state index contributed by atoms with van der Waals surface area (Å²) in [5, 5.41) is 8.89. The van der Waals surface area contributed by atoms with Crippen molar-refractivity contribution in [3.05, 3.63) is 0 Å². The van der Waals surface area contributed by atoms with Gasteiger partial charge in [0.2, 0.25) is 0 Å². The highest BCUT2D eigenvalue weighted by molar-refractivity contribution is 5.72. The van der Waals surface area contributed by atoms with Crippen LogP contribution in [-0.2, 0) is 4.79 Å². The smallest absolute Gasteiger partial charge is 0.320 e. The van der Waals surface area contributed by atoms with Gasteiger partial charge >= 0.3 is 5.97 Å². The molecule has 1 heterocycles. The van der Waals surface area contributed by atoms with Crippen molar-refractivity contribution in [1.29, 1.82) is 0 Å². The number of carbonyl (C=O) groups is 1. The van der Waals surface area contributed by atoms with E-state index in [-0.39, 0.29) is 6.04 Å². The first-order valence-electron chi connectivity index (χ1n) is 5.15. The Morgan fingerprint density at radius 3 is 2.79 bits per heavy atom. The Hall–Kier alpha value is -0.610. The molecule has 1 N–H and O–H groups in total. The second-order valence-corrected chi connectivity index (χ2v) is 4.24. The number of rotatable bonds is 3. The lowest BCUT2D eigenvalue weighted by Crippen LogP contribution is -2.50. The summed E-state index contributed by atoms with van der Waals surface area (Å²) in [4.78, 5) is 15.0. The summed E-state index contributed by atoms with van der Waals surface area (Å²) in [6.45, 7) is 3.86. The zero-order valence-electron chi connectivity index (χ0n) is 9.23. The monoisotopic (exact) mass is 200 g/mol. The van der Waals surface area contributed by atoms with Gasteiger partial charge in [0, 0.05) is 12.6 Å². The van der Waals surface area contributed by atoms with E-state index in [1.165, 1.54) is 0 Å². The summed E-state index contributed by atoms with van der Waals surface area (Å²) in [6, 6.07) is 0.00588.